The van der Waals surface area contributed by atoms with E-state index >= 15 is 0 Å². The van der Waals surface area contributed by atoms with E-state index in [2.05, 4.69) is 15.0 Å². The summed E-state index contributed by atoms with van der Waals surface area (Å²) in [5.74, 6) is 0.949. The third kappa shape index (κ3) is 2.57. The van der Waals surface area contributed by atoms with Crippen molar-refractivity contribution in [3.05, 3.63) is 42.4 Å². The summed E-state index contributed by atoms with van der Waals surface area (Å²) in [7, 11) is 1.50. The van der Waals surface area contributed by atoms with Crippen LogP contribution in [0.25, 0.3) is 0 Å². The maximum Gasteiger partial charge on any atom is 0.170 e. The highest BCUT2D eigenvalue weighted by Gasteiger charge is 2.04. The van der Waals surface area contributed by atoms with Crippen LogP contribution >= 0.6 is 0 Å². The van der Waals surface area contributed by atoms with Gasteiger partial charge in [0.25, 0.3) is 0 Å². The number of aliphatic imine (C=N–C) groups is 1. The predicted octanol–water partition coefficient (Wildman–Crippen LogP) is 1.94. The fourth-order valence-corrected chi connectivity index (χ4v) is 1.30. The van der Waals surface area contributed by atoms with Gasteiger partial charge in [0.15, 0.2) is 17.3 Å². The van der Waals surface area contributed by atoms with Crippen molar-refractivity contribution in [2.75, 3.05) is 7.11 Å². The molecule has 86 valence electrons. The van der Waals surface area contributed by atoms with Gasteiger partial charge in [-0.3, -0.25) is 4.98 Å². The van der Waals surface area contributed by atoms with Crippen molar-refractivity contribution in [3.63, 3.8) is 0 Å². The monoisotopic (exact) mass is 229 g/mol. The Morgan fingerprint density at radius 3 is 2.94 bits per heavy atom. The highest BCUT2D eigenvalue weighted by Crippen LogP contribution is 2.28. The van der Waals surface area contributed by atoms with Crippen molar-refractivity contribution in [1.82, 2.24) is 9.97 Å². The maximum atomic E-state index is 9.81. The van der Waals surface area contributed by atoms with Gasteiger partial charge >= 0.3 is 0 Å². The minimum atomic E-state index is 0.0580. The molecule has 5 heteroatoms. The topological polar surface area (TPSA) is 67.6 Å². The summed E-state index contributed by atoms with van der Waals surface area (Å²) < 4.78 is 5.00. The zero-order chi connectivity index (χ0) is 12.1. The molecular weight excluding hydrogens is 218 g/mol. The SMILES string of the molecule is COc1cccc(C=Nc2cnccn2)c1O. The second-order valence-corrected chi connectivity index (χ2v) is 3.22. The fourth-order valence-electron chi connectivity index (χ4n) is 1.30. The number of para-hydroxylation sites is 1. The second-order valence-electron chi connectivity index (χ2n) is 3.22. The van der Waals surface area contributed by atoms with Crippen molar-refractivity contribution < 1.29 is 9.84 Å². The highest BCUT2D eigenvalue weighted by atomic mass is 16.5. The van der Waals surface area contributed by atoms with Gasteiger partial charge in [-0.25, -0.2) is 9.98 Å². The minimum Gasteiger partial charge on any atom is -0.504 e. The van der Waals surface area contributed by atoms with E-state index in [-0.39, 0.29) is 5.75 Å². The molecule has 5 nitrogen and oxygen atoms in total. The lowest BCUT2D eigenvalue weighted by atomic mass is 10.2. The summed E-state index contributed by atoms with van der Waals surface area (Å²) in [6.07, 6.45) is 6.18. The highest BCUT2D eigenvalue weighted by molar-refractivity contribution is 5.86. The van der Waals surface area contributed by atoms with Gasteiger partial charge < -0.3 is 9.84 Å². The Balaban J connectivity index is 2.28. The van der Waals surface area contributed by atoms with E-state index in [9.17, 15) is 5.11 Å². The van der Waals surface area contributed by atoms with Crippen molar-refractivity contribution in [3.8, 4) is 11.5 Å². The van der Waals surface area contributed by atoms with E-state index in [1.54, 1.807) is 30.6 Å². The van der Waals surface area contributed by atoms with Gasteiger partial charge in [0.1, 0.15) is 0 Å². The number of ether oxygens (including phenoxy) is 1. The number of rotatable bonds is 3. The molecule has 0 unspecified atom stereocenters. The normalized spacial score (nSPS) is 10.6. The van der Waals surface area contributed by atoms with Crippen LogP contribution in [0.15, 0.2) is 41.8 Å². The molecule has 0 atom stereocenters. The zero-order valence-electron chi connectivity index (χ0n) is 9.24. The lowest BCUT2D eigenvalue weighted by Gasteiger charge is -2.04. The van der Waals surface area contributed by atoms with Gasteiger partial charge in [-0.15, -0.1) is 0 Å². The molecule has 0 amide bonds. The standard InChI is InChI=1S/C12H11N3O2/c1-17-10-4-2-3-9(12(10)16)7-15-11-8-13-5-6-14-11/h2-8,16H,1H3. The van der Waals surface area contributed by atoms with Crippen molar-refractivity contribution in [2.45, 2.75) is 0 Å². The molecule has 0 radical (unpaired) electrons. The Labute approximate surface area is 98.5 Å². The minimum absolute atomic E-state index is 0.0580. The number of hydrogen-bond acceptors (Lipinski definition) is 5. The molecule has 0 saturated carbocycles. The third-order valence-electron chi connectivity index (χ3n) is 2.14. The molecule has 1 heterocycles. The summed E-state index contributed by atoms with van der Waals surface area (Å²) in [5.41, 5.74) is 0.565. The molecule has 0 fully saturated rings. The summed E-state index contributed by atoms with van der Waals surface area (Å²) in [4.78, 5) is 12.0. The van der Waals surface area contributed by atoms with Crippen LogP contribution in [-0.2, 0) is 0 Å². The van der Waals surface area contributed by atoms with Crippen LogP contribution in [0, 0.1) is 0 Å². The quantitative estimate of drug-likeness (QED) is 0.817. The van der Waals surface area contributed by atoms with E-state index in [4.69, 9.17) is 4.74 Å². The average molecular weight is 229 g/mol. The molecule has 2 aromatic rings. The Morgan fingerprint density at radius 2 is 2.24 bits per heavy atom. The first-order valence-electron chi connectivity index (χ1n) is 4.97. The Bertz CT molecular complexity index is 527. The largest absolute Gasteiger partial charge is 0.504 e. The maximum absolute atomic E-state index is 9.81. The third-order valence-corrected chi connectivity index (χ3v) is 2.14. The number of benzene rings is 1. The van der Waals surface area contributed by atoms with Crippen LogP contribution in [0.4, 0.5) is 5.82 Å². The van der Waals surface area contributed by atoms with Gasteiger partial charge in [-0.05, 0) is 12.1 Å². The summed E-state index contributed by atoms with van der Waals surface area (Å²) in [6, 6.07) is 5.18. The molecule has 0 saturated heterocycles. The van der Waals surface area contributed by atoms with E-state index < -0.39 is 0 Å². The number of aromatic nitrogens is 2. The summed E-state index contributed by atoms with van der Waals surface area (Å²) >= 11 is 0. The van der Waals surface area contributed by atoms with Gasteiger partial charge in [0, 0.05) is 24.2 Å². The van der Waals surface area contributed by atoms with Crippen LogP contribution in [0.3, 0.4) is 0 Å². The van der Waals surface area contributed by atoms with Gasteiger partial charge in [0.2, 0.25) is 0 Å². The smallest absolute Gasteiger partial charge is 0.170 e. The molecule has 1 aromatic carbocycles. The van der Waals surface area contributed by atoms with Crippen LogP contribution in [-0.4, -0.2) is 28.4 Å². The number of phenolic OH excluding ortho intramolecular Hbond substituents is 1. The molecule has 17 heavy (non-hydrogen) atoms. The number of nitrogens with zero attached hydrogens (tertiary/aromatic N) is 3. The number of phenols is 1. The molecule has 0 aliphatic carbocycles. The second kappa shape index (κ2) is 5.07. The zero-order valence-corrected chi connectivity index (χ0v) is 9.24. The molecule has 2 rings (SSSR count). The molecule has 0 spiro atoms. The summed E-state index contributed by atoms with van der Waals surface area (Å²) in [5, 5.41) is 9.81. The van der Waals surface area contributed by atoms with Crippen LogP contribution in [0.2, 0.25) is 0 Å². The fraction of sp³-hybridized carbons (Fsp3) is 0.0833. The lowest BCUT2D eigenvalue weighted by Crippen LogP contribution is -1.88. The predicted molar refractivity (Wildman–Crippen MR) is 63.9 cm³/mol. The van der Waals surface area contributed by atoms with Crippen molar-refractivity contribution in [1.29, 1.82) is 0 Å². The van der Waals surface area contributed by atoms with E-state index in [1.807, 2.05) is 0 Å². The molecule has 0 aliphatic heterocycles. The molecule has 0 bridgehead atoms. The first-order valence-corrected chi connectivity index (χ1v) is 4.97. The van der Waals surface area contributed by atoms with Gasteiger partial charge in [-0.1, -0.05) is 6.07 Å². The Hall–Kier alpha value is -2.43. The van der Waals surface area contributed by atoms with E-state index in [0.29, 0.717) is 17.1 Å². The summed E-state index contributed by atoms with van der Waals surface area (Å²) in [6.45, 7) is 0. The number of aromatic hydroxyl groups is 1. The van der Waals surface area contributed by atoms with Crippen LogP contribution in [0.5, 0.6) is 11.5 Å². The first kappa shape index (κ1) is 11.1. The average Bonchev–Trinajstić information content (AvgIpc) is 2.39. The number of hydrogen-bond donors (Lipinski definition) is 1. The lowest BCUT2D eigenvalue weighted by molar-refractivity contribution is 0.373. The van der Waals surface area contributed by atoms with Gasteiger partial charge in [-0.2, -0.15) is 0 Å². The number of methoxy groups -OCH3 is 1. The molecule has 0 aliphatic rings. The van der Waals surface area contributed by atoms with E-state index in [0.717, 1.165) is 0 Å². The van der Waals surface area contributed by atoms with Crippen molar-refractivity contribution >= 4 is 12.0 Å². The molecule has 1 aromatic heterocycles. The van der Waals surface area contributed by atoms with Crippen molar-refractivity contribution in [2.24, 2.45) is 4.99 Å². The van der Waals surface area contributed by atoms with Crippen LogP contribution in [0.1, 0.15) is 5.56 Å². The molecule has 1 N–H and O–H groups in total. The van der Waals surface area contributed by atoms with Crippen LogP contribution < -0.4 is 4.74 Å². The van der Waals surface area contributed by atoms with E-state index in [1.165, 1.54) is 19.5 Å². The first-order chi connectivity index (χ1) is 8.31. The van der Waals surface area contributed by atoms with Gasteiger partial charge in [0.05, 0.1) is 13.3 Å². The Kier molecular flexibility index (Phi) is 3.30. The Morgan fingerprint density at radius 1 is 1.35 bits per heavy atom. The molecular formula is C12H11N3O2.